The molecule has 0 radical (unpaired) electrons. The summed E-state index contributed by atoms with van der Waals surface area (Å²) in [5, 5.41) is 11.4. The number of methoxy groups -OCH3 is 2. The van der Waals surface area contributed by atoms with Crippen molar-refractivity contribution in [1.29, 1.82) is 0 Å². The number of benzene rings is 1. The van der Waals surface area contributed by atoms with E-state index in [2.05, 4.69) is 4.74 Å². The van der Waals surface area contributed by atoms with Crippen LogP contribution in [0.3, 0.4) is 0 Å². The fourth-order valence-electron chi connectivity index (χ4n) is 2.10. The van der Waals surface area contributed by atoms with Crippen molar-refractivity contribution in [2.24, 2.45) is 0 Å². The van der Waals surface area contributed by atoms with Crippen molar-refractivity contribution < 1.29 is 19.2 Å². The van der Waals surface area contributed by atoms with E-state index >= 15 is 0 Å². The van der Waals surface area contributed by atoms with Crippen LogP contribution in [0.15, 0.2) is 35.3 Å². The van der Waals surface area contributed by atoms with Crippen molar-refractivity contribution in [3.63, 3.8) is 0 Å². The summed E-state index contributed by atoms with van der Waals surface area (Å²) in [6, 6.07) is 5.74. The lowest BCUT2D eigenvalue weighted by Gasteiger charge is -2.09. The Kier molecular flexibility index (Phi) is 5.20. The number of ether oxygens (including phenoxy) is 2. The van der Waals surface area contributed by atoms with Crippen LogP contribution in [-0.2, 0) is 11.3 Å². The molecule has 9 heteroatoms. The molecule has 0 fully saturated rings. The summed E-state index contributed by atoms with van der Waals surface area (Å²) in [4.78, 5) is 34.3. The van der Waals surface area contributed by atoms with Gasteiger partial charge in [-0.2, -0.15) is 0 Å². The molecular weight excluding hydrogens is 340 g/mol. The molecule has 0 aliphatic carbocycles. The predicted octanol–water partition coefficient (Wildman–Crippen LogP) is 2.25. The second kappa shape index (κ2) is 7.14. The van der Waals surface area contributed by atoms with Gasteiger partial charge in [0.05, 0.1) is 36.9 Å². The molecule has 0 spiro atoms. The first-order chi connectivity index (χ1) is 11.4. The minimum atomic E-state index is -0.940. The molecule has 0 unspecified atom stereocenters. The highest BCUT2D eigenvalue weighted by Gasteiger charge is 2.20. The third kappa shape index (κ3) is 3.54. The fourth-order valence-corrected chi connectivity index (χ4v) is 2.38. The highest BCUT2D eigenvalue weighted by Crippen LogP contribution is 2.25. The van der Waals surface area contributed by atoms with E-state index in [1.54, 1.807) is 18.2 Å². The maximum Gasteiger partial charge on any atom is 0.343 e. The zero-order valence-corrected chi connectivity index (χ0v) is 13.6. The number of halogens is 1. The molecule has 0 saturated heterocycles. The molecule has 0 aliphatic heterocycles. The summed E-state index contributed by atoms with van der Waals surface area (Å²) >= 11 is 6.03. The molecule has 2 rings (SSSR count). The molecule has 1 heterocycles. The Bertz CT molecular complexity index is 862. The third-order valence-electron chi connectivity index (χ3n) is 3.26. The van der Waals surface area contributed by atoms with Gasteiger partial charge in [0.1, 0.15) is 11.3 Å². The minimum absolute atomic E-state index is 0.00573. The van der Waals surface area contributed by atoms with E-state index < -0.39 is 27.7 Å². The Morgan fingerprint density at radius 3 is 2.58 bits per heavy atom. The first-order valence-corrected chi connectivity index (χ1v) is 7.04. The van der Waals surface area contributed by atoms with Crippen molar-refractivity contribution in [2.75, 3.05) is 14.2 Å². The average molecular weight is 353 g/mol. The van der Waals surface area contributed by atoms with Crippen molar-refractivity contribution in [3.05, 3.63) is 67.1 Å². The van der Waals surface area contributed by atoms with Gasteiger partial charge < -0.3 is 14.0 Å². The molecule has 0 saturated carbocycles. The van der Waals surface area contributed by atoms with E-state index in [9.17, 15) is 19.7 Å². The quantitative estimate of drug-likeness (QED) is 0.464. The second-order valence-corrected chi connectivity index (χ2v) is 5.17. The van der Waals surface area contributed by atoms with Crippen LogP contribution in [0.2, 0.25) is 5.02 Å². The number of aromatic nitrogens is 1. The fraction of sp³-hybridized carbons (Fsp3) is 0.200. The van der Waals surface area contributed by atoms with Crippen LogP contribution in [0.5, 0.6) is 5.75 Å². The summed E-state index contributed by atoms with van der Waals surface area (Å²) in [7, 11) is 2.56. The van der Waals surface area contributed by atoms with E-state index in [-0.39, 0.29) is 6.54 Å². The molecule has 0 amide bonds. The van der Waals surface area contributed by atoms with Crippen molar-refractivity contribution in [3.8, 4) is 5.75 Å². The third-order valence-corrected chi connectivity index (χ3v) is 3.55. The Hall–Kier alpha value is -2.87. The zero-order chi connectivity index (χ0) is 17.9. The lowest BCUT2D eigenvalue weighted by molar-refractivity contribution is -0.385. The van der Waals surface area contributed by atoms with Gasteiger partial charge in [0.15, 0.2) is 0 Å². The van der Waals surface area contributed by atoms with Gasteiger partial charge in [0, 0.05) is 6.07 Å². The number of carbonyl (C=O) groups excluding carboxylic acids is 1. The van der Waals surface area contributed by atoms with Crippen molar-refractivity contribution in [1.82, 2.24) is 4.57 Å². The van der Waals surface area contributed by atoms with Crippen LogP contribution in [-0.4, -0.2) is 29.7 Å². The van der Waals surface area contributed by atoms with Gasteiger partial charge in [-0.15, -0.1) is 0 Å². The molecule has 0 atom stereocenters. The number of carbonyl (C=O) groups is 1. The minimum Gasteiger partial charge on any atom is -0.495 e. The van der Waals surface area contributed by atoms with Crippen LogP contribution in [0.4, 0.5) is 5.69 Å². The predicted molar refractivity (Wildman–Crippen MR) is 85.8 cm³/mol. The smallest absolute Gasteiger partial charge is 0.343 e. The van der Waals surface area contributed by atoms with E-state index in [0.717, 1.165) is 23.9 Å². The standard InChI is InChI=1S/C15H13ClN2O6/c1-23-13-4-3-9(5-12(13)16)7-17-8-10(18(21)22)6-11(14(17)19)15(20)24-2/h3-6,8H,7H2,1-2H3. The number of rotatable bonds is 5. The molecule has 2 aromatic rings. The van der Waals surface area contributed by atoms with Gasteiger partial charge in [0.25, 0.3) is 11.2 Å². The van der Waals surface area contributed by atoms with Crippen LogP contribution >= 0.6 is 11.6 Å². The summed E-state index contributed by atoms with van der Waals surface area (Å²) in [6.45, 7) is -0.00573. The lowest BCUT2D eigenvalue weighted by Crippen LogP contribution is -2.27. The van der Waals surface area contributed by atoms with Gasteiger partial charge in [-0.3, -0.25) is 14.9 Å². The Labute approximate surface area is 141 Å². The van der Waals surface area contributed by atoms with Gasteiger partial charge in [0.2, 0.25) is 0 Å². The molecule has 0 N–H and O–H groups in total. The number of esters is 1. The maximum atomic E-state index is 12.3. The number of nitrogens with zero attached hydrogens (tertiary/aromatic N) is 2. The van der Waals surface area contributed by atoms with Gasteiger partial charge in [-0.25, -0.2) is 4.79 Å². The van der Waals surface area contributed by atoms with Gasteiger partial charge in [-0.1, -0.05) is 17.7 Å². The molecular formula is C15H13ClN2O6. The first-order valence-electron chi connectivity index (χ1n) is 6.67. The molecule has 8 nitrogen and oxygen atoms in total. The largest absolute Gasteiger partial charge is 0.495 e. The summed E-state index contributed by atoms with van der Waals surface area (Å²) in [5.74, 6) is -0.479. The first kappa shape index (κ1) is 17.5. The number of hydrogen-bond donors (Lipinski definition) is 0. The molecule has 0 bridgehead atoms. The monoisotopic (exact) mass is 352 g/mol. The topological polar surface area (TPSA) is 101 Å². The normalized spacial score (nSPS) is 10.3. The summed E-state index contributed by atoms with van der Waals surface area (Å²) in [5.41, 5.74) is -0.889. The zero-order valence-electron chi connectivity index (χ0n) is 12.8. The molecule has 1 aromatic heterocycles. The van der Waals surface area contributed by atoms with E-state index in [4.69, 9.17) is 16.3 Å². The van der Waals surface area contributed by atoms with E-state index in [1.165, 1.54) is 7.11 Å². The van der Waals surface area contributed by atoms with E-state index in [0.29, 0.717) is 16.3 Å². The number of hydrogen-bond acceptors (Lipinski definition) is 6. The Morgan fingerprint density at radius 2 is 2.04 bits per heavy atom. The van der Waals surface area contributed by atoms with Gasteiger partial charge >= 0.3 is 5.97 Å². The number of nitro groups is 1. The highest BCUT2D eigenvalue weighted by molar-refractivity contribution is 6.32. The SMILES string of the molecule is COC(=O)c1cc([N+](=O)[O-])cn(Cc2ccc(OC)c(Cl)c2)c1=O. The number of pyridine rings is 1. The van der Waals surface area contributed by atoms with Crippen LogP contribution in [0.25, 0.3) is 0 Å². The molecule has 1 aromatic carbocycles. The maximum absolute atomic E-state index is 12.3. The molecule has 24 heavy (non-hydrogen) atoms. The van der Waals surface area contributed by atoms with Crippen LogP contribution in [0.1, 0.15) is 15.9 Å². The molecule has 126 valence electrons. The van der Waals surface area contributed by atoms with Crippen LogP contribution in [0, 0.1) is 10.1 Å². The second-order valence-electron chi connectivity index (χ2n) is 4.76. The molecule has 0 aliphatic rings. The highest BCUT2D eigenvalue weighted by atomic mass is 35.5. The average Bonchev–Trinajstić information content (AvgIpc) is 2.56. The Morgan fingerprint density at radius 1 is 1.33 bits per heavy atom. The van der Waals surface area contributed by atoms with Gasteiger partial charge in [-0.05, 0) is 17.7 Å². The van der Waals surface area contributed by atoms with Crippen molar-refractivity contribution in [2.45, 2.75) is 6.54 Å². The van der Waals surface area contributed by atoms with Crippen molar-refractivity contribution >= 4 is 23.3 Å². The van der Waals surface area contributed by atoms with E-state index in [1.807, 2.05) is 0 Å². The van der Waals surface area contributed by atoms with Crippen LogP contribution < -0.4 is 10.3 Å². The summed E-state index contributed by atoms with van der Waals surface area (Å²) < 4.78 is 10.6. The lowest BCUT2D eigenvalue weighted by atomic mass is 10.2. The Balaban J connectivity index is 2.51. The summed E-state index contributed by atoms with van der Waals surface area (Å²) in [6.07, 6.45) is 1.06.